The van der Waals surface area contributed by atoms with Gasteiger partial charge in [0.2, 0.25) is 5.91 Å². The number of benzene rings is 3. The van der Waals surface area contributed by atoms with Gasteiger partial charge in [0.15, 0.2) is 11.5 Å². The molecule has 0 aliphatic carbocycles. The Morgan fingerprint density at radius 3 is 2.43 bits per heavy atom. The largest absolute Gasteiger partial charge is 0.493 e. The fourth-order valence-electron chi connectivity index (χ4n) is 4.54. The molecule has 0 aliphatic rings. The number of aromatic nitrogens is 1. The highest BCUT2D eigenvalue weighted by molar-refractivity contribution is 6.30. The molecule has 0 aliphatic heterocycles. The summed E-state index contributed by atoms with van der Waals surface area (Å²) in [6.45, 7) is 0.608. The molecule has 0 spiro atoms. The number of carbonyl (C=O) groups is 1. The van der Waals surface area contributed by atoms with E-state index in [9.17, 15) is 4.79 Å². The van der Waals surface area contributed by atoms with Crippen LogP contribution in [0.25, 0.3) is 10.9 Å². The number of nitrogens with zero attached hydrogens (tertiary/aromatic N) is 2. The molecule has 0 N–H and O–H groups in total. The SMILES string of the molecule is COc1ccc(CCN(C)C(=O)CC(c2ccc(Cl)cc2)c2cn(C)c3ccccc23)cc1OC. The van der Waals surface area contributed by atoms with Crippen LogP contribution in [0.4, 0.5) is 0 Å². The smallest absolute Gasteiger partial charge is 0.223 e. The summed E-state index contributed by atoms with van der Waals surface area (Å²) in [7, 11) is 7.16. The lowest BCUT2D eigenvalue weighted by Crippen LogP contribution is -2.30. The van der Waals surface area contributed by atoms with Crippen LogP contribution in [0, 0.1) is 0 Å². The van der Waals surface area contributed by atoms with Gasteiger partial charge >= 0.3 is 0 Å². The number of amides is 1. The maximum absolute atomic E-state index is 13.4. The first-order valence-corrected chi connectivity index (χ1v) is 12.0. The zero-order valence-corrected chi connectivity index (χ0v) is 21.4. The molecule has 1 amide bonds. The van der Waals surface area contributed by atoms with Crippen molar-refractivity contribution in [2.24, 2.45) is 7.05 Å². The van der Waals surface area contributed by atoms with Gasteiger partial charge in [0.05, 0.1) is 14.2 Å². The van der Waals surface area contributed by atoms with Gasteiger partial charge in [0.1, 0.15) is 0 Å². The second-order valence-electron chi connectivity index (χ2n) is 8.78. The van der Waals surface area contributed by atoms with Crippen molar-refractivity contribution in [2.75, 3.05) is 27.8 Å². The number of likely N-dealkylation sites (N-methyl/N-ethyl adjacent to an activating group) is 1. The summed E-state index contributed by atoms with van der Waals surface area (Å²) >= 11 is 6.16. The predicted octanol–water partition coefficient (Wildman–Crippen LogP) is 6.07. The Bertz CT molecular complexity index is 1310. The zero-order chi connectivity index (χ0) is 24.9. The van der Waals surface area contributed by atoms with Crippen molar-refractivity contribution in [1.82, 2.24) is 9.47 Å². The van der Waals surface area contributed by atoms with Crippen molar-refractivity contribution in [1.29, 1.82) is 0 Å². The number of carbonyl (C=O) groups excluding carboxylic acids is 1. The number of fused-ring (bicyclic) bond motifs is 1. The van der Waals surface area contributed by atoms with E-state index in [2.05, 4.69) is 22.9 Å². The Kier molecular flexibility index (Phi) is 7.67. The molecule has 6 heteroatoms. The molecule has 0 radical (unpaired) electrons. The first-order chi connectivity index (χ1) is 16.9. The molecule has 0 saturated heterocycles. The standard InChI is InChI=1S/C29H31ClN2O3/c1-31(16-15-20-9-14-27(34-3)28(17-20)35-4)29(33)18-24(21-10-12-22(30)13-11-21)25-19-32(2)26-8-6-5-7-23(25)26/h5-14,17,19,24H,15-16,18H2,1-4H3. The number of ether oxygens (including phenoxy) is 2. The number of rotatable bonds is 9. The lowest BCUT2D eigenvalue weighted by Gasteiger charge is -2.22. The second-order valence-corrected chi connectivity index (χ2v) is 9.21. The van der Waals surface area contributed by atoms with E-state index in [4.69, 9.17) is 21.1 Å². The van der Waals surface area contributed by atoms with Gasteiger partial charge < -0.3 is 18.9 Å². The van der Waals surface area contributed by atoms with Crippen LogP contribution >= 0.6 is 11.6 Å². The maximum atomic E-state index is 13.4. The molecule has 0 fully saturated rings. The highest BCUT2D eigenvalue weighted by Crippen LogP contribution is 2.35. The van der Waals surface area contributed by atoms with E-state index >= 15 is 0 Å². The van der Waals surface area contributed by atoms with Crippen LogP contribution in [-0.2, 0) is 18.3 Å². The topological polar surface area (TPSA) is 43.7 Å². The van der Waals surface area contributed by atoms with E-state index < -0.39 is 0 Å². The van der Waals surface area contributed by atoms with Gasteiger partial charge in [0.25, 0.3) is 0 Å². The van der Waals surface area contributed by atoms with E-state index in [1.54, 1.807) is 14.2 Å². The van der Waals surface area contributed by atoms with Crippen molar-refractivity contribution in [3.63, 3.8) is 0 Å². The van der Waals surface area contributed by atoms with Gasteiger partial charge in [-0.2, -0.15) is 0 Å². The van der Waals surface area contributed by atoms with E-state index in [-0.39, 0.29) is 11.8 Å². The van der Waals surface area contributed by atoms with E-state index in [1.165, 1.54) is 0 Å². The molecule has 3 aromatic carbocycles. The van der Waals surface area contributed by atoms with Crippen LogP contribution in [0.3, 0.4) is 0 Å². The fourth-order valence-corrected chi connectivity index (χ4v) is 4.67. The number of aryl methyl sites for hydroxylation is 1. The molecule has 0 saturated carbocycles. The average Bonchev–Trinajstić information content (AvgIpc) is 3.22. The number of halogens is 1. The third-order valence-electron chi connectivity index (χ3n) is 6.56. The third kappa shape index (κ3) is 5.46. The summed E-state index contributed by atoms with van der Waals surface area (Å²) < 4.78 is 12.9. The Labute approximate surface area is 211 Å². The summed E-state index contributed by atoms with van der Waals surface area (Å²) in [6.07, 6.45) is 3.24. The number of para-hydroxylation sites is 1. The quantitative estimate of drug-likeness (QED) is 0.286. The Morgan fingerprint density at radius 2 is 1.71 bits per heavy atom. The normalized spacial score (nSPS) is 11.9. The van der Waals surface area contributed by atoms with Gasteiger partial charge in [-0.25, -0.2) is 0 Å². The van der Waals surface area contributed by atoms with Crippen LogP contribution < -0.4 is 9.47 Å². The summed E-state index contributed by atoms with van der Waals surface area (Å²) in [6, 6.07) is 22.0. The molecule has 5 nitrogen and oxygen atoms in total. The molecular formula is C29H31ClN2O3. The van der Waals surface area contributed by atoms with E-state index in [0.717, 1.165) is 34.0 Å². The number of methoxy groups -OCH3 is 2. The minimum Gasteiger partial charge on any atom is -0.493 e. The highest BCUT2D eigenvalue weighted by atomic mass is 35.5. The highest BCUT2D eigenvalue weighted by Gasteiger charge is 2.24. The van der Waals surface area contributed by atoms with Crippen LogP contribution in [0.5, 0.6) is 11.5 Å². The average molecular weight is 491 g/mol. The number of hydrogen-bond donors (Lipinski definition) is 0. The molecule has 1 aromatic heterocycles. The zero-order valence-electron chi connectivity index (χ0n) is 20.6. The van der Waals surface area contributed by atoms with Crippen LogP contribution in [0.15, 0.2) is 72.9 Å². The predicted molar refractivity (Wildman–Crippen MR) is 142 cm³/mol. The summed E-state index contributed by atoms with van der Waals surface area (Å²) in [4.78, 5) is 15.2. The van der Waals surface area contributed by atoms with Crippen molar-refractivity contribution < 1.29 is 14.3 Å². The Morgan fingerprint density at radius 1 is 1.00 bits per heavy atom. The van der Waals surface area contributed by atoms with Crippen LogP contribution in [0.1, 0.15) is 29.0 Å². The van der Waals surface area contributed by atoms with Crippen LogP contribution in [0.2, 0.25) is 5.02 Å². The fraction of sp³-hybridized carbons (Fsp3) is 0.276. The Hall–Kier alpha value is -3.44. The first kappa shape index (κ1) is 24.7. The van der Waals surface area contributed by atoms with Gasteiger partial charge in [-0.05, 0) is 53.4 Å². The van der Waals surface area contributed by atoms with Gasteiger partial charge in [-0.3, -0.25) is 4.79 Å². The Balaban J connectivity index is 1.55. The molecule has 4 rings (SSSR count). The van der Waals surface area contributed by atoms with Crippen LogP contribution in [-0.4, -0.2) is 43.2 Å². The minimum atomic E-state index is -0.0746. The molecule has 35 heavy (non-hydrogen) atoms. The number of hydrogen-bond acceptors (Lipinski definition) is 3. The van der Waals surface area contributed by atoms with E-state index in [0.29, 0.717) is 29.5 Å². The van der Waals surface area contributed by atoms with Crippen molar-refractivity contribution in [3.8, 4) is 11.5 Å². The lowest BCUT2D eigenvalue weighted by atomic mass is 9.88. The summed E-state index contributed by atoms with van der Waals surface area (Å²) in [5.74, 6) is 1.41. The first-order valence-electron chi connectivity index (χ1n) is 11.7. The van der Waals surface area contributed by atoms with E-state index in [1.807, 2.05) is 73.6 Å². The molecular weight excluding hydrogens is 460 g/mol. The molecule has 1 unspecified atom stereocenters. The summed E-state index contributed by atoms with van der Waals surface area (Å²) in [5.41, 5.74) is 4.46. The van der Waals surface area contributed by atoms with Gasteiger partial charge in [-0.15, -0.1) is 0 Å². The molecule has 1 atom stereocenters. The summed E-state index contributed by atoms with van der Waals surface area (Å²) in [5, 5.41) is 1.85. The second kappa shape index (κ2) is 10.9. The minimum absolute atomic E-state index is 0.0746. The molecule has 4 aromatic rings. The monoisotopic (exact) mass is 490 g/mol. The molecule has 182 valence electrons. The van der Waals surface area contributed by atoms with Gasteiger partial charge in [0, 0.05) is 55.1 Å². The molecule has 0 bridgehead atoms. The lowest BCUT2D eigenvalue weighted by molar-refractivity contribution is -0.130. The van der Waals surface area contributed by atoms with Crippen molar-refractivity contribution in [2.45, 2.75) is 18.8 Å². The van der Waals surface area contributed by atoms with Crippen molar-refractivity contribution >= 4 is 28.4 Å². The maximum Gasteiger partial charge on any atom is 0.223 e. The third-order valence-corrected chi connectivity index (χ3v) is 6.82. The van der Waals surface area contributed by atoms with Gasteiger partial charge in [-0.1, -0.05) is 48.0 Å². The molecule has 1 heterocycles. The van der Waals surface area contributed by atoms with Crippen molar-refractivity contribution in [3.05, 3.63) is 94.6 Å².